The molecule has 136 valence electrons. The molecule has 1 aliphatic rings. The van der Waals surface area contributed by atoms with Crippen molar-refractivity contribution in [1.82, 2.24) is 0 Å². The van der Waals surface area contributed by atoms with E-state index < -0.39 is 0 Å². The smallest absolute Gasteiger partial charge is 0.216 e. The maximum Gasteiger partial charge on any atom is 0.216 e. The van der Waals surface area contributed by atoms with E-state index in [1.165, 1.54) is 16.0 Å². The molecule has 0 spiro atoms. The molecule has 2 aromatic rings. The Hall–Kier alpha value is -2.06. The molecule has 0 atom stereocenters. The number of halogens is 2. The van der Waals surface area contributed by atoms with Crippen molar-refractivity contribution in [3.63, 3.8) is 0 Å². The molecular formula is C20H22Cl2N4. The first-order valence-electron chi connectivity index (χ1n) is 8.53. The van der Waals surface area contributed by atoms with Gasteiger partial charge >= 0.3 is 0 Å². The van der Waals surface area contributed by atoms with E-state index in [1.54, 1.807) is 0 Å². The first-order valence-corrected chi connectivity index (χ1v) is 8.91. The van der Waals surface area contributed by atoms with Gasteiger partial charge in [-0.2, -0.15) is 5.26 Å². The van der Waals surface area contributed by atoms with E-state index in [2.05, 4.69) is 47.1 Å². The van der Waals surface area contributed by atoms with E-state index in [0.717, 1.165) is 49.1 Å². The molecule has 1 aliphatic heterocycles. The molecule has 0 unspecified atom stereocenters. The number of benzene rings is 2. The summed E-state index contributed by atoms with van der Waals surface area (Å²) in [6.45, 7) is 5.71. The minimum Gasteiger partial charge on any atom is -1.00 e. The van der Waals surface area contributed by atoms with Crippen LogP contribution in [0.1, 0.15) is 11.1 Å². The van der Waals surface area contributed by atoms with Crippen molar-refractivity contribution in [2.24, 2.45) is 4.99 Å². The predicted octanol–water partition coefficient (Wildman–Crippen LogP) is -0.520. The highest BCUT2D eigenvalue weighted by Crippen LogP contribution is 2.24. The van der Waals surface area contributed by atoms with Crippen molar-refractivity contribution in [2.45, 2.75) is 13.3 Å². The van der Waals surface area contributed by atoms with Gasteiger partial charge in [0.2, 0.25) is 12.0 Å². The number of para-hydroxylation sites is 1. The Balaban J connectivity index is 0.00000243. The Morgan fingerprint density at radius 3 is 2.42 bits per heavy atom. The number of nitrogens with zero attached hydrogens (tertiary/aromatic N) is 3. The van der Waals surface area contributed by atoms with Gasteiger partial charge in [0.05, 0.1) is 30.2 Å². The van der Waals surface area contributed by atoms with Crippen LogP contribution >= 0.6 is 11.6 Å². The summed E-state index contributed by atoms with van der Waals surface area (Å²) in [6.07, 6.45) is 2.70. The van der Waals surface area contributed by atoms with Crippen LogP contribution in [0.25, 0.3) is 0 Å². The summed E-state index contributed by atoms with van der Waals surface area (Å²) in [4.78, 5) is 7.71. The molecule has 6 heteroatoms. The van der Waals surface area contributed by atoms with Crippen LogP contribution in [0.2, 0.25) is 5.02 Å². The molecular weight excluding hydrogens is 367 g/mol. The second-order valence-electron chi connectivity index (χ2n) is 6.36. The molecule has 1 N–H and O–H groups in total. The molecule has 3 rings (SSSR count). The summed E-state index contributed by atoms with van der Waals surface area (Å²) in [7, 11) is 0. The highest BCUT2D eigenvalue weighted by Gasteiger charge is 2.25. The van der Waals surface area contributed by atoms with E-state index in [4.69, 9.17) is 16.9 Å². The topological polar surface area (TPSA) is 43.8 Å². The van der Waals surface area contributed by atoms with E-state index in [0.29, 0.717) is 0 Å². The van der Waals surface area contributed by atoms with Crippen LogP contribution in [-0.4, -0.2) is 32.0 Å². The average molecular weight is 389 g/mol. The van der Waals surface area contributed by atoms with Crippen LogP contribution in [0, 0.1) is 18.4 Å². The molecule has 0 aliphatic carbocycles. The number of aliphatic imine (C=N–C) groups is 1. The van der Waals surface area contributed by atoms with Gasteiger partial charge in [-0.3, -0.25) is 4.90 Å². The third kappa shape index (κ3) is 4.98. The standard InChI is InChI=1S/C20H21ClN4.ClH/c1-16-6-8-17(9-7-16)14-20(23-15-22)25-12-10-24(11-13-25)19-5-3-2-4-18(19)21;/h2-9H,10-14H2,1H3;1H. The van der Waals surface area contributed by atoms with Gasteiger partial charge in [0.25, 0.3) is 0 Å². The largest absolute Gasteiger partial charge is 1.00 e. The lowest BCUT2D eigenvalue weighted by Gasteiger charge is -2.34. The van der Waals surface area contributed by atoms with Gasteiger partial charge in [0.1, 0.15) is 13.1 Å². The molecule has 2 aromatic carbocycles. The minimum absolute atomic E-state index is 0. The van der Waals surface area contributed by atoms with Gasteiger partial charge in [-0.25, -0.2) is 0 Å². The Morgan fingerprint density at radius 1 is 1.15 bits per heavy atom. The molecule has 0 bridgehead atoms. The molecule has 1 heterocycles. The Kier molecular flexibility index (Phi) is 7.47. The zero-order chi connectivity index (χ0) is 17.6. The Bertz CT molecular complexity index is 788. The Labute approximate surface area is 166 Å². The van der Waals surface area contributed by atoms with Crippen molar-refractivity contribution < 1.29 is 17.3 Å². The minimum atomic E-state index is 0. The summed E-state index contributed by atoms with van der Waals surface area (Å²) < 4.78 is 0. The molecule has 0 saturated carbocycles. The van der Waals surface area contributed by atoms with Crippen molar-refractivity contribution >= 4 is 23.1 Å². The number of nitriles is 1. The number of rotatable bonds is 3. The van der Waals surface area contributed by atoms with Crippen molar-refractivity contribution in [3.05, 3.63) is 64.7 Å². The maximum atomic E-state index is 9.08. The number of hydrogen-bond acceptors (Lipinski definition) is 3. The molecule has 0 amide bonds. The lowest BCUT2D eigenvalue weighted by atomic mass is 10.1. The highest BCUT2D eigenvalue weighted by atomic mass is 35.5. The second-order valence-corrected chi connectivity index (χ2v) is 6.77. The summed E-state index contributed by atoms with van der Waals surface area (Å²) in [5, 5.41) is 9.87. The molecule has 0 radical (unpaired) electrons. The van der Waals surface area contributed by atoms with E-state index in [-0.39, 0.29) is 12.4 Å². The zero-order valence-electron chi connectivity index (χ0n) is 14.8. The van der Waals surface area contributed by atoms with Gasteiger partial charge < -0.3 is 17.3 Å². The number of aryl methyl sites for hydroxylation is 1. The SMILES string of the molecule is Cc1ccc(CC(=NC#N)[NH+]2CCN(c3ccccc3Cl)CC2)cc1.[Cl-]. The quantitative estimate of drug-likeness (QED) is 0.436. The van der Waals surface area contributed by atoms with Crippen LogP contribution in [0.3, 0.4) is 0 Å². The normalized spacial score (nSPS) is 15.3. The second kappa shape index (κ2) is 9.59. The Morgan fingerprint density at radius 2 is 1.81 bits per heavy atom. The molecule has 26 heavy (non-hydrogen) atoms. The molecule has 1 saturated heterocycles. The first kappa shape index (κ1) is 20.3. The summed E-state index contributed by atoms with van der Waals surface area (Å²) in [6, 6.07) is 16.4. The predicted molar refractivity (Wildman–Crippen MR) is 102 cm³/mol. The van der Waals surface area contributed by atoms with Crippen molar-refractivity contribution in [3.8, 4) is 6.19 Å². The van der Waals surface area contributed by atoms with Crippen LogP contribution in [0.5, 0.6) is 0 Å². The fraction of sp³-hybridized carbons (Fsp3) is 0.300. The lowest BCUT2D eigenvalue weighted by Crippen LogP contribution is -3.17. The van der Waals surface area contributed by atoms with Gasteiger partial charge in [-0.05, 0) is 24.6 Å². The number of quaternary nitrogens is 1. The zero-order valence-corrected chi connectivity index (χ0v) is 16.3. The maximum absolute atomic E-state index is 9.08. The number of piperazine rings is 1. The van der Waals surface area contributed by atoms with E-state index >= 15 is 0 Å². The highest BCUT2D eigenvalue weighted by molar-refractivity contribution is 6.33. The van der Waals surface area contributed by atoms with Gasteiger partial charge in [-0.1, -0.05) is 53.6 Å². The monoisotopic (exact) mass is 388 g/mol. The molecule has 4 nitrogen and oxygen atoms in total. The van der Waals surface area contributed by atoms with Gasteiger partial charge in [-0.15, -0.1) is 4.99 Å². The first-order chi connectivity index (χ1) is 12.2. The van der Waals surface area contributed by atoms with Crippen LogP contribution in [-0.2, 0) is 6.42 Å². The fourth-order valence-electron chi connectivity index (χ4n) is 3.22. The number of hydrogen-bond donors (Lipinski definition) is 1. The lowest BCUT2D eigenvalue weighted by molar-refractivity contribution is -0.808. The number of anilines is 1. The van der Waals surface area contributed by atoms with Crippen LogP contribution in [0.4, 0.5) is 5.69 Å². The summed E-state index contributed by atoms with van der Waals surface area (Å²) in [5.41, 5.74) is 3.52. The van der Waals surface area contributed by atoms with Crippen molar-refractivity contribution in [1.29, 1.82) is 5.26 Å². The third-order valence-electron chi connectivity index (χ3n) is 4.65. The fourth-order valence-corrected chi connectivity index (χ4v) is 3.47. The third-order valence-corrected chi connectivity index (χ3v) is 4.96. The van der Waals surface area contributed by atoms with Gasteiger partial charge in [0, 0.05) is 0 Å². The number of nitrogens with one attached hydrogen (secondary N) is 1. The van der Waals surface area contributed by atoms with E-state index in [1.807, 2.05) is 24.4 Å². The molecule has 1 fully saturated rings. The molecule has 0 aromatic heterocycles. The summed E-state index contributed by atoms with van der Waals surface area (Å²) in [5.74, 6) is 0.921. The number of amidine groups is 1. The summed E-state index contributed by atoms with van der Waals surface area (Å²) >= 11 is 6.31. The van der Waals surface area contributed by atoms with Crippen LogP contribution in [0.15, 0.2) is 53.5 Å². The van der Waals surface area contributed by atoms with E-state index in [9.17, 15) is 0 Å². The average Bonchev–Trinajstić information content (AvgIpc) is 2.64. The van der Waals surface area contributed by atoms with Gasteiger partial charge in [0.15, 0.2) is 0 Å². The van der Waals surface area contributed by atoms with Crippen LogP contribution < -0.4 is 22.2 Å². The van der Waals surface area contributed by atoms with Crippen molar-refractivity contribution in [2.75, 3.05) is 31.1 Å².